The molecule has 2 aliphatic carbocycles. The predicted molar refractivity (Wildman–Crippen MR) is 164 cm³/mol. The van der Waals surface area contributed by atoms with Crippen LogP contribution in [0.5, 0.6) is 0 Å². The molecule has 0 radical (unpaired) electrons. The van der Waals surface area contributed by atoms with Crippen molar-refractivity contribution in [1.82, 2.24) is 0 Å². The number of hydrogen-bond acceptors (Lipinski definition) is 11. The highest BCUT2D eigenvalue weighted by atomic mass is 16.6. The van der Waals surface area contributed by atoms with Crippen molar-refractivity contribution in [2.45, 2.75) is 104 Å². The largest absolute Gasteiger partial charge is 0.459 e. The molecule has 4 aliphatic rings. The molecule has 1 N–H and O–H groups in total. The number of ketones is 1. The topological polar surface area (TPSA) is 152 Å². The smallest absolute Gasteiger partial charge is 0.338 e. The molecule has 1 spiro atoms. The lowest BCUT2D eigenvalue weighted by Gasteiger charge is -2.65. The molecule has 0 aromatic heterocycles. The molecule has 9 atom stereocenters. The first-order chi connectivity index (χ1) is 21.3. The van der Waals surface area contributed by atoms with Crippen LogP contribution >= 0.6 is 0 Å². The second kappa shape index (κ2) is 12.8. The molecule has 2 heterocycles. The van der Waals surface area contributed by atoms with E-state index < -0.39 is 94.6 Å². The first-order valence-electron chi connectivity index (χ1n) is 15.5. The van der Waals surface area contributed by atoms with Crippen molar-refractivity contribution in [3.8, 4) is 0 Å². The zero-order chi connectivity index (χ0) is 34.4. The highest BCUT2D eigenvalue weighted by Gasteiger charge is 2.74. The Bertz CT molecular complexity index is 1420. The molecule has 1 saturated carbocycles. The molecule has 11 nitrogen and oxygen atoms in total. The van der Waals surface area contributed by atoms with Crippen molar-refractivity contribution in [3.63, 3.8) is 0 Å². The number of rotatable bonds is 6. The number of carbonyl (C=O) groups is 5. The van der Waals surface area contributed by atoms with Crippen molar-refractivity contribution >= 4 is 29.7 Å². The molecule has 2 saturated heterocycles. The molecule has 250 valence electrons. The number of aliphatic hydroxyl groups excluding tert-OH is 1. The van der Waals surface area contributed by atoms with Gasteiger partial charge >= 0.3 is 23.9 Å². The number of aliphatic hydroxyl groups is 1. The van der Waals surface area contributed by atoms with Gasteiger partial charge in [-0.3, -0.25) is 19.2 Å². The molecule has 3 fully saturated rings. The Labute approximate surface area is 269 Å². The van der Waals surface area contributed by atoms with Gasteiger partial charge in [0.05, 0.1) is 11.5 Å². The van der Waals surface area contributed by atoms with E-state index in [1.54, 1.807) is 71.9 Å². The Morgan fingerprint density at radius 1 is 0.935 bits per heavy atom. The van der Waals surface area contributed by atoms with Gasteiger partial charge in [0.1, 0.15) is 41.5 Å². The van der Waals surface area contributed by atoms with E-state index in [-0.39, 0.29) is 17.6 Å². The second-order valence-corrected chi connectivity index (χ2v) is 13.7. The highest BCUT2D eigenvalue weighted by Crippen LogP contribution is 2.58. The van der Waals surface area contributed by atoms with Gasteiger partial charge in [0.25, 0.3) is 0 Å². The van der Waals surface area contributed by atoms with Crippen LogP contribution in [0.25, 0.3) is 0 Å². The van der Waals surface area contributed by atoms with Gasteiger partial charge in [-0.2, -0.15) is 0 Å². The maximum absolute atomic E-state index is 14.6. The van der Waals surface area contributed by atoms with E-state index in [1.165, 1.54) is 26.0 Å². The lowest BCUT2D eigenvalue weighted by atomic mass is 9.56. The highest BCUT2D eigenvalue weighted by molar-refractivity contribution is 5.95. The number of carbonyl (C=O) groups excluding carboxylic acids is 5. The summed E-state index contributed by atoms with van der Waals surface area (Å²) in [6.45, 7) is 16.7. The molecular formula is C35H44O11. The third-order valence-corrected chi connectivity index (χ3v) is 9.18. The monoisotopic (exact) mass is 640 g/mol. The van der Waals surface area contributed by atoms with Crippen molar-refractivity contribution in [1.29, 1.82) is 0 Å². The number of benzene rings is 1. The maximum atomic E-state index is 14.6. The van der Waals surface area contributed by atoms with Crippen LogP contribution in [0.4, 0.5) is 0 Å². The van der Waals surface area contributed by atoms with E-state index in [2.05, 4.69) is 6.58 Å². The predicted octanol–water partition coefficient (Wildman–Crippen LogP) is 3.91. The van der Waals surface area contributed by atoms with E-state index in [1.807, 2.05) is 0 Å². The van der Waals surface area contributed by atoms with Crippen LogP contribution in [0.3, 0.4) is 0 Å². The summed E-state index contributed by atoms with van der Waals surface area (Å²) in [5.41, 5.74) is -3.61. The molecule has 5 rings (SSSR count). The first kappa shape index (κ1) is 35.0. The van der Waals surface area contributed by atoms with E-state index in [0.717, 1.165) is 0 Å². The van der Waals surface area contributed by atoms with Crippen molar-refractivity contribution < 1.29 is 52.8 Å². The summed E-state index contributed by atoms with van der Waals surface area (Å²) in [6, 6.07) is 7.99. The molecule has 11 heteroatoms. The molecule has 0 amide bonds. The fraction of sp³-hybridized carbons (Fsp3) is 0.571. The van der Waals surface area contributed by atoms with Crippen LogP contribution in [0, 0.1) is 23.2 Å². The molecule has 2 aliphatic heterocycles. The van der Waals surface area contributed by atoms with E-state index in [0.29, 0.717) is 0 Å². The van der Waals surface area contributed by atoms with Gasteiger partial charge in [-0.25, -0.2) is 4.79 Å². The lowest BCUT2D eigenvalue weighted by Crippen LogP contribution is -2.79. The number of esters is 4. The van der Waals surface area contributed by atoms with Crippen molar-refractivity contribution in [2.24, 2.45) is 23.2 Å². The minimum atomic E-state index is -1.75. The summed E-state index contributed by atoms with van der Waals surface area (Å²) in [7, 11) is 0. The fourth-order valence-corrected chi connectivity index (χ4v) is 6.74. The molecule has 3 bridgehead atoms. The summed E-state index contributed by atoms with van der Waals surface area (Å²) in [6.07, 6.45) is -3.80. The van der Waals surface area contributed by atoms with E-state index in [4.69, 9.17) is 23.7 Å². The molecule has 1 aromatic carbocycles. The zero-order valence-electron chi connectivity index (χ0n) is 27.6. The van der Waals surface area contributed by atoms with Gasteiger partial charge in [0.2, 0.25) is 0 Å². The Kier molecular flexibility index (Phi) is 9.71. The normalized spacial score (nSPS) is 35.1. The van der Waals surface area contributed by atoms with Crippen LogP contribution in [0.1, 0.15) is 72.2 Å². The van der Waals surface area contributed by atoms with Gasteiger partial charge < -0.3 is 28.8 Å². The van der Waals surface area contributed by atoms with E-state index in [9.17, 15) is 29.1 Å². The molecule has 46 heavy (non-hydrogen) atoms. The van der Waals surface area contributed by atoms with Gasteiger partial charge in [-0.1, -0.05) is 71.5 Å². The standard InChI is InChI=1S/C35H44O11/c1-18(2)31(40)44-26-20(4)27(45-32(41)23-13-11-10-12-14-23)25(38)30(43-22(6)37)33(7,8)16-15-19(3)35-17-34(9,46-35)29(42-21(5)36)24(26)28(35)39/h10-16,18-19,24-27,29-30,38H,4,17H2,1-3,5-9H3. The summed E-state index contributed by atoms with van der Waals surface area (Å²) < 4.78 is 29.6. The van der Waals surface area contributed by atoms with Crippen LogP contribution in [-0.2, 0) is 42.9 Å². The van der Waals surface area contributed by atoms with Gasteiger partial charge in [-0.15, -0.1) is 0 Å². The molecule has 9 unspecified atom stereocenters. The number of hydrogen-bond donors (Lipinski definition) is 1. The second-order valence-electron chi connectivity index (χ2n) is 13.7. The van der Waals surface area contributed by atoms with Crippen molar-refractivity contribution in [3.05, 3.63) is 60.2 Å². The fourth-order valence-electron chi connectivity index (χ4n) is 6.74. The summed E-state index contributed by atoms with van der Waals surface area (Å²) in [5.74, 6) is -5.97. The quantitative estimate of drug-likeness (QED) is 0.274. The number of Topliss-reactive ketones (excluding diaryl/α,β-unsaturated/α-hetero) is 1. The lowest BCUT2D eigenvalue weighted by molar-refractivity contribution is -0.331. The van der Waals surface area contributed by atoms with Gasteiger partial charge in [-0.05, 0) is 19.1 Å². The average Bonchev–Trinajstić information content (AvgIpc) is 2.96. The number of ether oxygens (including phenoxy) is 5. The summed E-state index contributed by atoms with van der Waals surface area (Å²) in [5, 5.41) is 12.0. The van der Waals surface area contributed by atoms with Crippen LogP contribution in [0.15, 0.2) is 54.6 Å². The van der Waals surface area contributed by atoms with Crippen LogP contribution in [-0.4, -0.2) is 76.5 Å². The first-order valence-corrected chi connectivity index (χ1v) is 15.5. The third kappa shape index (κ3) is 6.40. The SMILES string of the molecule is C=C1C(OC(=O)c2ccccc2)C(O)C(OC(C)=O)C(C)(C)C=CC(C)C23CC(C)(O2)C(OC(C)=O)C(C3=O)C1OC(=O)C(C)C. The summed E-state index contributed by atoms with van der Waals surface area (Å²) >= 11 is 0. The van der Waals surface area contributed by atoms with E-state index >= 15 is 0 Å². The maximum Gasteiger partial charge on any atom is 0.338 e. The molecule has 1 aromatic rings. The Hall–Kier alpha value is -3.83. The van der Waals surface area contributed by atoms with Crippen LogP contribution in [0.2, 0.25) is 0 Å². The third-order valence-electron chi connectivity index (χ3n) is 9.18. The summed E-state index contributed by atoms with van der Waals surface area (Å²) in [4.78, 5) is 66.1. The van der Waals surface area contributed by atoms with Crippen LogP contribution < -0.4 is 0 Å². The minimum Gasteiger partial charge on any atom is -0.459 e. The van der Waals surface area contributed by atoms with Gasteiger partial charge in [0.15, 0.2) is 11.9 Å². The Morgan fingerprint density at radius 2 is 1.50 bits per heavy atom. The Morgan fingerprint density at radius 3 is 2.04 bits per heavy atom. The molecular weight excluding hydrogens is 596 g/mol. The zero-order valence-corrected chi connectivity index (χ0v) is 27.6. The van der Waals surface area contributed by atoms with Crippen molar-refractivity contribution in [2.75, 3.05) is 0 Å². The average molecular weight is 641 g/mol. The Balaban J connectivity index is 1.97. The minimum absolute atomic E-state index is 0.147. The van der Waals surface area contributed by atoms with Gasteiger partial charge in [0, 0.05) is 37.2 Å².